The monoisotopic (exact) mass is 224 g/mol. The second-order valence-electron chi connectivity index (χ2n) is 3.86. The molecule has 0 aliphatic rings. The van der Waals surface area contributed by atoms with Crippen molar-refractivity contribution in [3.63, 3.8) is 0 Å². The summed E-state index contributed by atoms with van der Waals surface area (Å²) in [5, 5.41) is 10.3. The molecule has 1 unspecified atom stereocenters. The van der Waals surface area contributed by atoms with Crippen LogP contribution in [0.3, 0.4) is 0 Å². The van der Waals surface area contributed by atoms with Crippen molar-refractivity contribution in [1.29, 1.82) is 0 Å². The molecule has 0 bridgehead atoms. The SMILES string of the molecule is CCCC(C)(N)C(=O)NCC(F)(F)CO. The molecule has 6 heteroatoms. The summed E-state index contributed by atoms with van der Waals surface area (Å²) in [4.78, 5) is 11.4. The fourth-order valence-corrected chi connectivity index (χ4v) is 1.10. The summed E-state index contributed by atoms with van der Waals surface area (Å²) in [7, 11) is 0. The normalized spacial score (nSPS) is 15.9. The first-order valence-electron chi connectivity index (χ1n) is 4.81. The van der Waals surface area contributed by atoms with E-state index in [0.717, 1.165) is 0 Å². The van der Waals surface area contributed by atoms with E-state index in [1.54, 1.807) is 0 Å². The summed E-state index contributed by atoms with van der Waals surface area (Å²) >= 11 is 0. The number of hydrogen-bond acceptors (Lipinski definition) is 3. The predicted octanol–water partition coefficient (Wildman–Crippen LogP) is 0.248. The zero-order valence-corrected chi connectivity index (χ0v) is 9.02. The van der Waals surface area contributed by atoms with E-state index in [1.165, 1.54) is 6.92 Å². The Morgan fingerprint density at radius 2 is 2.07 bits per heavy atom. The molecule has 0 aromatic rings. The van der Waals surface area contributed by atoms with Crippen molar-refractivity contribution in [2.45, 2.75) is 38.2 Å². The largest absolute Gasteiger partial charge is 0.390 e. The van der Waals surface area contributed by atoms with Crippen molar-refractivity contribution < 1.29 is 18.7 Å². The third-order valence-electron chi connectivity index (χ3n) is 2.03. The average Bonchev–Trinajstić information content (AvgIpc) is 2.14. The number of alkyl halides is 2. The van der Waals surface area contributed by atoms with Crippen molar-refractivity contribution in [2.24, 2.45) is 5.73 Å². The molecule has 0 fully saturated rings. The van der Waals surface area contributed by atoms with Gasteiger partial charge in [-0.25, -0.2) is 8.78 Å². The Kier molecular flexibility index (Phi) is 5.10. The third kappa shape index (κ3) is 5.03. The van der Waals surface area contributed by atoms with Crippen molar-refractivity contribution in [1.82, 2.24) is 5.32 Å². The summed E-state index contributed by atoms with van der Waals surface area (Å²) in [6.45, 7) is 1.16. The van der Waals surface area contributed by atoms with Crippen LogP contribution in [-0.2, 0) is 4.79 Å². The van der Waals surface area contributed by atoms with Gasteiger partial charge in [-0.05, 0) is 13.3 Å². The minimum Gasteiger partial charge on any atom is -0.390 e. The number of carbonyl (C=O) groups is 1. The molecule has 0 spiro atoms. The van der Waals surface area contributed by atoms with E-state index in [-0.39, 0.29) is 0 Å². The lowest BCUT2D eigenvalue weighted by Crippen LogP contribution is -2.54. The lowest BCUT2D eigenvalue weighted by atomic mass is 9.96. The Balaban J connectivity index is 4.14. The number of aliphatic hydroxyl groups is 1. The minimum absolute atomic E-state index is 0.420. The first-order chi connectivity index (χ1) is 6.75. The molecule has 0 aromatic heterocycles. The van der Waals surface area contributed by atoms with Gasteiger partial charge in [0, 0.05) is 0 Å². The number of nitrogens with one attached hydrogen (secondary N) is 1. The fraction of sp³-hybridized carbons (Fsp3) is 0.889. The molecule has 4 nitrogen and oxygen atoms in total. The van der Waals surface area contributed by atoms with Gasteiger partial charge in [0.1, 0.15) is 6.61 Å². The molecular formula is C9H18F2N2O2. The summed E-state index contributed by atoms with van der Waals surface area (Å²) < 4.78 is 25.2. The van der Waals surface area contributed by atoms with E-state index in [1.807, 2.05) is 12.2 Å². The van der Waals surface area contributed by atoms with Crippen molar-refractivity contribution in [3.05, 3.63) is 0 Å². The standard InChI is InChI=1S/C9H18F2N2O2/c1-3-4-8(2,12)7(15)13-5-9(10,11)6-14/h14H,3-6,12H2,1-2H3,(H,13,15). The van der Waals surface area contributed by atoms with Crippen LogP contribution in [0.4, 0.5) is 8.78 Å². The predicted molar refractivity (Wildman–Crippen MR) is 52.5 cm³/mol. The average molecular weight is 224 g/mol. The molecule has 0 rings (SSSR count). The van der Waals surface area contributed by atoms with Crippen LogP contribution in [0.15, 0.2) is 0 Å². The second-order valence-corrected chi connectivity index (χ2v) is 3.86. The smallest absolute Gasteiger partial charge is 0.287 e. The van der Waals surface area contributed by atoms with Gasteiger partial charge in [-0.15, -0.1) is 0 Å². The quantitative estimate of drug-likeness (QED) is 0.605. The van der Waals surface area contributed by atoms with Crippen LogP contribution in [0.1, 0.15) is 26.7 Å². The maximum atomic E-state index is 12.6. The highest BCUT2D eigenvalue weighted by atomic mass is 19.3. The van der Waals surface area contributed by atoms with Crippen LogP contribution >= 0.6 is 0 Å². The third-order valence-corrected chi connectivity index (χ3v) is 2.03. The van der Waals surface area contributed by atoms with Crippen LogP contribution < -0.4 is 11.1 Å². The van der Waals surface area contributed by atoms with Gasteiger partial charge in [-0.2, -0.15) is 0 Å². The Bertz CT molecular complexity index is 220. The Morgan fingerprint density at radius 1 is 1.53 bits per heavy atom. The number of carbonyl (C=O) groups excluding carboxylic acids is 1. The molecule has 1 atom stereocenters. The molecule has 4 N–H and O–H groups in total. The topological polar surface area (TPSA) is 75.4 Å². The Hall–Kier alpha value is -0.750. The van der Waals surface area contributed by atoms with Gasteiger partial charge >= 0.3 is 0 Å². The van der Waals surface area contributed by atoms with Crippen LogP contribution in [0.2, 0.25) is 0 Å². The first-order valence-corrected chi connectivity index (χ1v) is 4.81. The number of aliphatic hydroxyl groups excluding tert-OH is 1. The van der Waals surface area contributed by atoms with Gasteiger partial charge in [0.05, 0.1) is 12.1 Å². The van der Waals surface area contributed by atoms with Gasteiger partial charge in [0.2, 0.25) is 5.91 Å². The summed E-state index contributed by atoms with van der Waals surface area (Å²) in [6.07, 6.45) is 1.11. The highest BCUT2D eigenvalue weighted by Gasteiger charge is 2.32. The van der Waals surface area contributed by atoms with Gasteiger partial charge in [-0.1, -0.05) is 13.3 Å². The summed E-state index contributed by atoms with van der Waals surface area (Å²) in [6, 6.07) is 0. The van der Waals surface area contributed by atoms with E-state index in [4.69, 9.17) is 10.8 Å². The van der Waals surface area contributed by atoms with Crippen molar-refractivity contribution in [2.75, 3.05) is 13.2 Å². The highest BCUT2D eigenvalue weighted by Crippen LogP contribution is 2.12. The summed E-state index contributed by atoms with van der Waals surface area (Å²) in [5.41, 5.74) is 4.48. The fourth-order valence-electron chi connectivity index (χ4n) is 1.10. The van der Waals surface area contributed by atoms with E-state index < -0.39 is 30.5 Å². The molecule has 0 saturated heterocycles. The Morgan fingerprint density at radius 3 is 2.47 bits per heavy atom. The van der Waals surface area contributed by atoms with Crippen molar-refractivity contribution in [3.8, 4) is 0 Å². The molecular weight excluding hydrogens is 206 g/mol. The van der Waals surface area contributed by atoms with Gasteiger partial charge in [-0.3, -0.25) is 4.79 Å². The molecule has 15 heavy (non-hydrogen) atoms. The molecule has 0 saturated carbocycles. The van der Waals surface area contributed by atoms with E-state index in [2.05, 4.69) is 0 Å². The van der Waals surface area contributed by atoms with Gasteiger partial charge in [0.25, 0.3) is 5.92 Å². The highest BCUT2D eigenvalue weighted by molar-refractivity contribution is 5.85. The molecule has 0 aliphatic carbocycles. The molecule has 1 amide bonds. The minimum atomic E-state index is -3.29. The maximum absolute atomic E-state index is 12.6. The van der Waals surface area contributed by atoms with E-state index in [0.29, 0.717) is 12.8 Å². The maximum Gasteiger partial charge on any atom is 0.287 e. The zero-order valence-electron chi connectivity index (χ0n) is 9.02. The molecule has 0 aromatic carbocycles. The molecule has 90 valence electrons. The van der Waals surface area contributed by atoms with Crippen LogP contribution in [0, 0.1) is 0 Å². The number of rotatable bonds is 6. The molecule has 0 aliphatic heterocycles. The number of hydrogen-bond donors (Lipinski definition) is 3. The summed E-state index contributed by atoms with van der Waals surface area (Å²) in [5.74, 6) is -3.92. The van der Waals surface area contributed by atoms with Gasteiger partial charge in [0.15, 0.2) is 0 Å². The lowest BCUT2D eigenvalue weighted by Gasteiger charge is -2.24. The van der Waals surface area contributed by atoms with Gasteiger partial charge < -0.3 is 16.2 Å². The second kappa shape index (κ2) is 5.37. The first kappa shape index (κ1) is 14.2. The lowest BCUT2D eigenvalue weighted by molar-refractivity contribution is -0.128. The van der Waals surface area contributed by atoms with E-state index >= 15 is 0 Å². The number of nitrogens with two attached hydrogens (primary N) is 1. The van der Waals surface area contributed by atoms with E-state index in [9.17, 15) is 13.6 Å². The number of amides is 1. The van der Waals surface area contributed by atoms with Crippen molar-refractivity contribution >= 4 is 5.91 Å². The number of halogens is 2. The zero-order chi connectivity index (χ0) is 12.1. The van der Waals surface area contributed by atoms with Crippen LogP contribution in [0.5, 0.6) is 0 Å². The molecule has 0 radical (unpaired) electrons. The molecule has 0 heterocycles. The van der Waals surface area contributed by atoms with Crippen LogP contribution in [0.25, 0.3) is 0 Å². The Labute approximate surface area is 87.8 Å². The van der Waals surface area contributed by atoms with Crippen LogP contribution in [-0.4, -0.2) is 35.6 Å².